The minimum Gasteiger partial charge on any atom is -0.366 e. The topological polar surface area (TPSA) is 9.23 Å². The molecule has 3 rings (SSSR count). The Labute approximate surface area is 116 Å². The Morgan fingerprint density at radius 1 is 1.21 bits per heavy atom. The van der Waals surface area contributed by atoms with Crippen molar-refractivity contribution in [3.63, 3.8) is 0 Å². The van der Waals surface area contributed by atoms with Crippen LogP contribution in [0.25, 0.3) is 0 Å². The molecule has 100 valence electrons. The lowest BCUT2D eigenvalue weighted by Gasteiger charge is -2.44. The standard InChI is InChI=1S/C18H22O/c1-15-10-12-18(11-6-5-9-17(18)13-15)19-14-16-7-3-2-4-8-16/h2-4,7-8,10,12,17H,1,5-6,9,11,13-14H2/t17-,18-/m0/s1. The first kappa shape index (κ1) is 12.7. The number of rotatable bonds is 3. The summed E-state index contributed by atoms with van der Waals surface area (Å²) in [6, 6.07) is 10.5. The molecular weight excluding hydrogens is 232 g/mol. The van der Waals surface area contributed by atoms with E-state index in [9.17, 15) is 0 Å². The van der Waals surface area contributed by atoms with E-state index in [4.69, 9.17) is 4.74 Å². The van der Waals surface area contributed by atoms with E-state index in [1.807, 2.05) is 0 Å². The number of hydrogen-bond donors (Lipinski definition) is 0. The van der Waals surface area contributed by atoms with Crippen molar-refractivity contribution in [2.24, 2.45) is 5.92 Å². The summed E-state index contributed by atoms with van der Waals surface area (Å²) in [5.41, 5.74) is 2.49. The minimum absolute atomic E-state index is 0.0325. The Hall–Kier alpha value is -1.34. The average molecular weight is 254 g/mol. The molecule has 0 aliphatic heterocycles. The Kier molecular flexibility index (Phi) is 3.56. The lowest BCUT2D eigenvalue weighted by atomic mass is 9.69. The van der Waals surface area contributed by atoms with Gasteiger partial charge in [-0.25, -0.2) is 0 Å². The molecule has 2 aliphatic rings. The van der Waals surface area contributed by atoms with Gasteiger partial charge < -0.3 is 4.74 Å². The zero-order valence-electron chi connectivity index (χ0n) is 11.5. The van der Waals surface area contributed by atoms with Crippen LogP contribution in [-0.4, -0.2) is 5.60 Å². The van der Waals surface area contributed by atoms with Crippen LogP contribution < -0.4 is 0 Å². The molecular formula is C18H22O. The molecule has 0 N–H and O–H groups in total. The van der Waals surface area contributed by atoms with Gasteiger partial charge in [-0.2, -0.15) is 0 Å². The SMILES string of the molecule is C=C1C=C[C@@]2(OCc3ccccc3)CCCC[C@H]2C1. The van der Waals surface area contributed by atoms with Crippen molar-refractivity contribution < 1.29 is 4.74 Å². The van der Waals surface area contributed by atoms with Crippen LogP contribution in [0.1, 0.15) is 37.7 Å². The van der Waals surface area contributed by atoms with Gasteiger partial charge in [0.15, 0.2) is 0 Å². The van der Waals surface area contributed by atoms with Crippen LogP contribution in [0.5, 0.6) is 0 Å². The maximum absolute atomic E-state index is 6.38. The molecule has 0 spiro atoms. The predicted octanol–water partition coefficient (Wildman–Crippen LogP) is 4.65. The van der Waals surface area contributed by atoms with E-state index in [1.54, 1.807) is 0 Å². The highest BCUT2D eigenvalue weighted by molar-refractivity contribution is 5.27. The summed E-state index contributed by atoms with van der Waals surface area (Å²) in [5, 5.41) is 0. The summed E-state index contributed by atoms with van der Waals surface area (Å²) in [4.78, 5) is 0. The zero-order valence-corrected chi connectivity index (χ0v) is 11.5. The Balaban J connectivity index is 1.76. The van der Waals surface area contributed by atoms with Crippen molar-refractivity contribution in [1.82, 2.24) is 0 Å². The van der Waals surface area contributed by atoms with Crippen LogP contribution in [0.15, 0.2) is 54.6 Å². The molecule has 2 aliphatic carbocycles. The third kappa shape index (κ3) is 2.66. The maximum Gasteiger partial charge on any atom is 0.0901 e. The molecule has 1 nitrogen and oxygen atoms in total. The van der Waals surface area contributed by atoms with Gasteiger partial charge in [0.1, 0.15) is 0 Å². The van der Waals surface area contributed by atoms with Crippen LogP contribution in [0.3, 0.4) is 0 Å². The highest BCUT2D eigenvalue weighted by atomic mass is 16.5. The summed E-state index contributed by atoms with van der Waals surface area (Å²) >= 11 is 0. The normalized spacial score (nSPS) is 30.1. The summed E-state index contributed by atoms with van der Waals surface area (Å²) in [5.74, 6) is 0.627. The fourth-order valence-electron chi connectivity index (χ4n) is 3.41. The smallest absolute Gasteiger partial charge is 0.0901 e. The molecule has 1 aromatic rings. The number of hydrogen-bond acceptors (Lipinski definition) is 1. The summed E-state index contributed by atoms with van der Waals surface area (Å²) in [6.07, 6.45) is 10.6. The Bertz CT molecular complexity index is 474. The molecule has 0 amide bonds. The minimum atomic E-state index is -0.0325. The summed E-state index contributed by atoms with van der Waals surface area (Å²) < 4.78 is 6.38. The molecule has 1 fully saturated rings. The molecule has 1 heteroatoms. The Morgan fingerprint density at radius 2 is 2.05 bits per heavy atom. The highest BCUT2D eigenvalue weighted by Gasteiger charge is 2.41. The van der Waals surface area contributed by atoms with Gasteiger partial charge in [-0.15, -0.1) is 0 Å². The second kappa shape index (κ2) is 5.34. The van der Waals surface area contributed by atoms with E-state index in [-0.39, 0.29) is 5.60 Å². The number of fused-ring (bicyclic) bond motifs is 1. The average Bonchev–Trinajstić information content (AvgIpc) is 2.47. The molecule has 0 unspecified atom stereocenters. The van der Waals surface area contributed by atoms with E-state index in [2.05, 4.69) is 49.1 Å². The number of ether oxygens (including phenoxy) is 1. The molecule has 1 saturated carbocycles. The lowest BCUT2D eigenvalue weighted by molar-refractivity contribution is -0.0846. The van der Waals surface area contributed by atoms with Gasteiger partial charge in [-0.05, 0) is 30.7 Å². The van der Waals surface area contributed by atoms with E-state index in [0.717, 1.165) is 12.8 Å². The molecule has 2 atom stereocenters. The first-order chi connectivity index (χ1) is 9.28. The number of benzene rings is 1. The Morgan fingerprint density at radius 3 is 2.89 bits per heavy atom. The largest absolute Gasteiger partial charge is 0.366 e. The highest BCUT2D eigenvalue weighted by Crippen LogP contribution is 2.44. The molecule has 19 heavy (non-hydrogen) atoms. The third-order valence-corrected chi connectivity index (χ3v) is 4.52. The van der Waals surface area contributed by atoms with Gasteiger partial charge in [0, 0.05) is 0 Å². The number of allylic oxidation sites excluding steroid dienone is 2. The van der Waals surface area contributed by atoms with Crippen molar-refractivity contribution in [3.05, 3.63) is 60.2 Å². The third-order valence-electron chi connectivity index (χ3n) is 4.52. The summed E-state index contributed by atoms with van der Waals surface area (Å²) in [7, 11) is 0. The maximum atomic E-state index is 6.38. The molecule has 0 radical (unpaired) electrons. The second-order valence-corrected chi connectivity index (χ2v) is 5.87. The zero-order chi connectivity index (χ0) is 13.1. The van der Waals surface area contributed by atoms with E-state index in [1.165, 1.54) is 30.4 Å². The van der Waals surface area contributed by atoms with Crippen molar-refractivity contribution in [2.45, 2.75) is 44.3 Å². The van der Waals surface area contributed by atoms with Gasteiger partial charge >= 0.3 is 0 Å². The summed E-state index contributed by atoms with van der Waals surface area (Å²) in [6.45, 7) is 4.83. The first-order valence-electron chi connectivity index (χ1n) is 7.33. The van der Waals surface area contributed by atoms with Crippen LogP contribution in [0, 0.1) is 5.92 Å². The molecule has 0 bridgehead atoms. The van der Waals surface area contributed by atoms with Crippen molar-refractivity contribution in [3.8, 4) is 0 Å². The fraction of sp³-hybridized carbons (Fsp3) is 0.444. The van der Waals surface area contributed by atoms with Crippen molar-refractivity contribution >= 4 is 0 Å². The quantitative estimate of drug-likeness (QED) is 0.763. The van der Waals surface area contributed by atoms with Gasteiger partial charge in [-0.1, -0.05) is 67.5 Å². The van der Waals surface area contributed by atoms with Gasteiger partial charge in [0.05, 0.1) is 12.2 Å². The van der Waals surface area contributed by atoms with E-state index in [0.29, 0.717) is 12.5 Å². The van der Waals surface area contributed by atoms with Gasteiger partial charge in [0.25, 0.3) is 0 Å². The van der Waals surface area contributed by atoms with Crippen LogP contribution in [0.4, 0.5) is 0 Å². The van der Waals surface area contributed by atoms with E-state index >= 15 is 0 Å². The predicted molar refractivity (Wildman–Crippen MR) is 78.8 cm³/mol. The molecule has 0 saturated heterocycles. The fourth-order valence-corrected chi connectivity index (χ4v) is 3.41. The van der Waals surface area contributed by atoms with Gasteiger partial charge in [0.2, 0.25) is 0 Å². The van der Waals surface area contributed by atoms with Crippen LogP contribution in [0.2, 0.25) is 0 Å². The molecule has 0 aromatic heterocycles. The van der Waals surface area contributed by atoms with E-state index < -0.39 is 0 Å². The van der Waals surface area contributed by atoms with Crippen LogP contribution in [-0.2, 0) is 11.3 Å². The van der Waals surface area contributed by atoms with Crippen molar-refractivity contribution in [1.29, 1.82) is 0 Å². The monoisotopic (exact) mass is 254 g/mol. The van der Waals surface area contributed by atoms with Crippen LogP contribution >= 0.6 is 0 Å². The van der Waals surface area contributed by atoms with Gasteiger partial charge in [-0.3, -0.25) is 0 Å². The second-order valence-electron chi connectivity index (χ2n) is 5.87. The lowest BCUT2D eigenvalue weighted by Crippen LogP contribution is -2.43. The first-order valence-corrected chi connectivity index (χ1v) is 7.33. The molecule has 1 aromatic carbocycles. The molecule has 0 heterocycles. The van der Waals surface area contributed by atoms with Crippen molar-refractivity contribution in [2.75, 3.05) is 0 Å².